The fraction of sp³-hybridized carbons (Fsp3) is 0.444. The van der Waals surface area contributed by atoms with Crippen LogP contribution in [0.25, 0.3) is 0 Å². The van der Waals surface area contributed by atoms with Crippen LogP contribution < -0.4 is 0 Å². The van der Waals surface area contributed by atoms with Crippen molar-refractivity contribution in [3.05, 3.63) is 52.0 Å². The number of thiazole rings is 1. The monoisotopic (exact) mass is 345 g/mol. The highest BCUT2D eigenvalue weighted by molar-refractivity contribution is 7.09. The molecule has 0 unspecified atom stereocenters. The van der Waals surface area contributed by atoms with Gasteiger partial charge in [0.25, 0.3) is 5.91 Å². The lowest BCUT2D eigenvalue weighted by Crippen LogP contribution is -2.35. The van der Waals surface area contributed by atoms with Gasteiger partial charge < -0.3 is 9.64 Å². The van der Waals surface area contributed by atoms with Gasteiger partial charge in [-0.3, -0.25) is 9.69 Å². The Kier molecular flexibility index (Phi) is 5.96. The number of amides is 1. The average Bonchev–Trinajstić information content (AvgIpc) is 3.09. The minimum Gasteiger partial charge on any atom is -0.379 e. The number of nitrogens with zero attached hydrogens (tertiary/aromatic N) is 3. The number of morpholine rings is 1. The van der Waals surface area contributed by atoms with Crippen molar-refractivity contribution in [1.29, 1.82) is 0 Å². The van der Waals surface area contributed by atoms with Crippen molar-refractivity contribution in [2.45, 2.75) is 20.0 Å². The second kappa shape index (κ2) is 8.37. The highest BCUT2D eigenvalue weighted by Gasteiger charge is 2.19. The molecule has 0 N–H and O–H groups in total. The summed E-state index contributed by atoms with van der Waals surface area (Å²) in [4.78, 5) is 21.4. The summed E-state index contributed by atoms with van der Waals surface area (Å²) < 4.78 is 5.36. The molecule has 1 fully saturated rings. The van der Waals surface area contributed by atoms with Crippen molar-refractivity contribution >= 4 is 17.2 Å². The van der Waals surface area contributed by atoms with Gasteiger partial charge in [-0.1, -0.05) is 30.3 Å². The number of benzene rings is 1. The zero-order valence-electron chi connectivity index (χ0n) is 14.0. The van der Waals surface area contributed by atoms with Gasteiger partial charge in [0.1, 0.15) is 10.7 Å². The van der Waals surface area contributed by atoms with E-state index in [-0.39, 0.29) is 5.91 Å². The molecule has 0 spiro atoms. The van der Waals surface area contributed by atoms with E-state index in [0.717, 1.165) is 43.4 Å². The predicted molar refractivity (Wildman–Crippen MR) is 95.1 cm³/mol. The molecule has 0 atom stereocenters. The van der Waals surface area contributed by atoms with Gasteiger partial charge >= 0.3 is 0 Å². The third-order valence-corrected chi connectivity index (χ3v) is 4.95. The third kappa shape index (κ3) is 4.41. The average molecular weight is 345 g/mol. The quantitative estimate of drug-likeness (QED) is 0.807. The normalized spacial score (nSPS) is 15.4. The van der Waals surface area contributed by atoms with E-state index in [9.17, 15) is 4.79 Å². The molecule has 3 rings (SSSR count). The topological polar surface area (TPSA) is 45.7 Å². The van der Waals surface area contributed by atoms with Crippen molar-refractivity contribution < 1.29 is 9.53 Å². The summed E-state index contributed by atoms with van der Waals surface area (Å²) in [5, 5.41) is 2.88. The van der Waals surface area contributed by atoms with Gasteiger partial charge in [0, 0.05) is 31.6 Å². The van der Waals surface area contributed by atoms with E-state index in [4.69, 9.17) is 4.74 Å². The summed E-state index contributed by atoms with van der Waals surface area (Å²) in [5.74, 6) is 0.00540. The molecular weight excluding hydrogens is 322 g/mol. The van der Waals surface area contributed by atoms with Crippen LogP contribution in [0.1, 0.15) is 28.0 Å². The summed E-state index contributed by atoms with van der Waals surface area (Å²) in [6.07, 6.45) is 0. The molecule has 1 saturated heterocycles. The van der Waals surface area contributed by atoms with Crippen molar-refractivity contribution in [1.82, 2.24) is 14.8 Å². The van der Waals surface area contributed by atoms with Crippen LogP contribution in [0.15, 0.2) is 35.7 Å². The van der Waals surface area contributed by atoms with E-state index in [0.29, 0.717) is 18.8 Å². The molecule has 2 aromatic rings. The molecule has 6 heteroatoms. The molecule has 0 radical (unpaired) electrons. The van der Waals surface area contributed by atoms with Gasteiger partial charge in [-0.15, -0.1) is 11.3 Å². The van der Waals surface area contributed by atoms with Gasteiger partial charge in [-0.25, -0.2) is 4.98 Å². The van der Waals surface area contributed by atoms with Crippen LogP contribution in [0.2, 0.25) is 0 Å². The largest absolute Gasteiger partial charge is 0.379 e. The first-order valence-electron chi connectivity index (χ1n) is 8.34. The summed E-state index contributed by atoms with van der Waals surface area (Å²) in [5.41, 5.74) is 1.69. The minimum absolute atomic E-state index is 0.00540. The Hall–Kier alpha value is -1.76. The first-order chi connectivity index (χ1) is 11.8. The fourth-order valence-corrected chi connectivity index (χ4v) is 3.53. The van der Waals surface area contributed by atoms with Crippen LogP contribution in [0.5, 0.6) is 0 Å². The van der Waals surface area contributed by atoms with E-state index in [1.165, 1.54) is 0 Å². The molecule has 0 bridgehead atoms. The van der Waals surface area contributed by atoms with E-state index >= 15 is 0 Å². The molecule has 2 heterocycles. The second-order valence-electron chi connectivity index (χ2n) is 5.82. The lowest BCUT2D eigenvalue weighted by molar-refractivity contribution is 0.0341. The zero-order chi connectivity index (χ0) is 16.8. The summed E-state index contributed by atoms with van der Waals surface area (Å²) in [6, 6.07) is 10.1. The van der Waals surface area contributed by atoms with Crippen molar-refractivity contribution in [2.75, 3.05) is 32.8 Å². The number of ether oxygens (including phenoxy) is 1. The fourth-order valence-electron chi connectivity index (χ4n) is 2.73. The number of rotatable bonds is 6. The number of hydrogen-bond acceptors (Lipinski definition) is 5. The number of hydrogen-bond donors (Lipinski definition) is 0. The van der Waals surface area contributed by atoms with Crippen LogP contribution in [0.4, 0.5) is 0 Å². The Morgan fingerprint density at radius 3 is 2.75 bits per heavy atom. The van der Waals surface area contributed by atoms with Gasteiger partial charge in [0.05, 0.1) is 19.8 Å². The van der Waals surface area contributed by atoms with E-state index in [1.54, 1.807) is 11.3 Å². The van der Waals surface area contributed by atoms with Gasteiger partial charge in [0.2, 0.25) is 0 Å². The van der Waals surface area contributed by atoms with E-state index in [1.807, 2.05) is 47.5 Å². The SMILES string of the molecule is CCN(Cc1ccccc1)C(=O)c1csc(CN2CCOCC2)n1. The standard InChI is InChI=1S/C18H23N3O2S/c1-2-21(12-15-6-4-3-5-7-15)18(22)16-14-24-17(19-16)13-20-8-10-23-11-9-20/h3-7,14H,2,8-13H2,1H3. The zero-order valence-corrected chi connectivity index (χ0v) is 14.8. The Labute approximate surface area is 146 Å². The smallest absolute Gasteiger partial charge is 0.273 e. The van der Waals surface area contributed by atoms with Crippen LogP contribution >= 0.6 is 11.3 Å². The maximum Gasteiger partial charge on any atom is 0.273 e. The Morgan fingerprint density at radius 2 is 2.04 bits per heavy atom. The molecule has 5 nitrogen and oxygen atoms in total. The number of aromatic nitrogens is 1. The third-order valence-electron chi connectivity index (χ3n) is 4.12. The Morgan fingerprint density at radius 1 is 1.29 bits per heavy atom. The van der Waals surface area contributed by atoms with Crippen molar-refractivity contribution in [3.63, 3.8) is 0 Å². The minimum atomic E-state index is 0.00540. The van der Waals surface area contributed by atoms with Gasteiger partial charge in [0.15, 0.2) is 0 Å². The number of carbonyl (C=O) groups is 1. The Balaban J connectivity index is 1.63. The highest BCUT2D eigenvalue weighted by atomic mass is 32.1. The predicted octanol–water partition coefficient (Wildman–Crippen LogP) is 2.64. The summed E-state index contributed by atoms with van der Waals surface area (Å²) in [7, 11) is 0. The van der Waals surface area contributed by atoms with E-state index < -0.39 is 0 Å². The molecule has 1 aliphatic rings. The second-order valence-corrected chi connectivity index (χ2v) is 6.76. The van der Waals surface area contributed by atoms with Crippen LogP contribution in [-0.2, 0) is 17.8 Å². The van der Waals surface area contributed by atoms with Crippen molar-refractivity contribution in [2.24, 2.45) is 0 Å². The molecule has 1 aliphatic heterocycles. The maximum atomic E-state index is 12.7. The molecule has 1 aromatic carbocycles. The molecule has 128 valence electrons. The van der Waals surface area contributed by atoms with Crippen LogP contribution in [-0.4, -0.2) is 53.5 Å². The van der Waals surface area contributed by atoms with Crippen LogP contribution in [0, 0.1) is 0 Å². The Bertz CT molecular complexity index is 653. The first kappa shape index (κ1) is 17.1. The molecule has 1 aromatic heterocycles. The van der Waals surface area contributed by atoms with Crippen molar-refractivity contribution in [3.8, 4) is 0 Å². The highest BCUT2D eigenvalue weighted by Crippen LogP contribution is 2.16. The molecule has 24 heavy (non-hydrogen) atoms. The lowest BCUT2D eigenvalue weighted by atomic mass is 10.2. The number of carbonyl (C=O) groups excluding carboxylic acids is 1. The van der Waals surface area contributed by atoms with Gasteiger partial charge in [-0.05, 0) is 12.5 Å². The summed E-state index contributed by atoms with van der Waals surface area (Å²) >= 11 is 1.56. The summed E-state index contributed by atoms with van der Waals surface area (Å²) in [6.45, 7) is 7.50. The maximum absolute atomic E-state index is 12.7. The molecule has 1 amide bonds. The van der Waals surface area contributed by atoms with Gasteiger partial charge in [-0.2, -0.15) is 0 Å². The van der Waals surface area contributed by atoms with E-state index in [2.05, 4.69) is 9.88 Å². The lowest BCUT2D eigenvalue weighted by Gasteiger charge is -2.25. The molecule has 0 saturated carbocycles. The van der Waals surface area contributed by atoms with Crippen LogP contribution in [0.3, 0.4) is 0 Å². The molecular formula is C18H23N3O2S. The first-order valence-corrected chi connectivity index (χ1v) is 9.22. The molecule has 0 aliphatic carbocycles.